The molecule has 0 aromatic heterocycles. The van der Waals surface area contributed by atoms with Gasteiger partial charge in [0.2, 0.25) is 11.8 Å². The molecule has 0 aliphatic carbocycles. The molecule has 0 aliphatic heterocycles. The maximum absolute atomic E-state index is 12.7. The van der Waals surface area contributed by atoms with E-state index in [-0.39, 0.29) is 25.0 Å². The van der Waals surface area contributed by atoms with Crippen LogP contribution in [0.15, 0.2) is 0 Å². The van der Waals surface area contributed by atoms with Gasteiger partial charge in [-0.15, -0.1) is 0 Å². The number of hydrogen-bond acceptors (Lipinski definition) is 9. The maximum Gasteiger partial charge on any atom is 0.500 e. The van der Waals surface area contributed by atoms with Crippen molar-refractivity contribution in [2.45, 2.75) is 58.9 Å². The molecule has 3 N–H and O–H groups in total. The van der Waals surface area contributed by atoms with Crippen LogP contribution in [-0.4, -0.2) is 114 Å². The lowest BCUT2D eigenvalue weighted by Crippen LogP contribution is -2.46. The summed E-state index contributed by atoms with van der Waals surface area (Å²) in [5, 5.41) is 19.9. The number of hydrogen-bond donors (Lipinski definition) is 3. The maximum atomic E-state index is 12.7. The molecule has 0 rings (SSSR count). The minimum absolute atomic E-state index is 0.286. The predicted molar refractivity (Wildman–Crippen MR) is 135 cm³/mol. The fourth-order valence-corrected chi connectivity index (χ4v) is 6.05. The molecule has 0 aromatic carbocycles. The van der Waals surface area contributed by atoms with E-state index in [2.05, 4.69) is 5.32 Å². The van der Waals surface area contributed by atoms with E-state index in [1.807, 2.05) is 20.8 Å². The van der Waals surface area contributed by atoms with Crippen molar-refractivity contribution >= 4 is 32.6 Å². The van der Waals surface area contributed by atoms with Crippen LogP contribution < -0.4 is 5.32 Å². The van der Waals surface area contributed by atoms with Gasteiger partial charge in [-0.1, -0.05) is 12.8 Å². The topological polar surface area (TPSA) is 170 Å². The Morgan fingerprint density at radius 3 is 1.76 bits per heavy atom. The van der Waals surface area contributed by atoms with Crippen molar-refractivity contribution in [2.24, 2.45) is 0 Å². The normalized spacial score (nSPS) is 11.3. The Morgan fingerprint density at radius 1 is 0.703 bits per heavy atom. The van der Waals surface area contributed by atoms with Gasteiger partial charge < -0.3 is 43.2 Å². The summed E-state index contributed by atoms with van der Waals surface area (Å²) in [5.41, 5.74) is 0. The highest BCUT2D eigenvalue weighted by molar-refractivity contribution is 6.60. The third kappa shape index (κ3) is 18.7. The number of nitrogens with zero attached hydrogens (tertiary/aromatic N) is 1. The van der Waals surface area contributed by atoms with Crippen LogP contribution in [-0.2, 0) is 41.9 Å². The second-order valence-corrected chi connectivity index (χ2v) is 10.7. The van der Waals surface area contributed by atoms with Crippen LogP contribution in [0, 0.1) is 0 Å². The molecule has 14 heteroatoms. The van der Waals surface area contributed by atoms with E-state index in [1.165, 1.54) is 0 Å². The van der Waals surface area contributed by atoms with Gasteiger partial charge in [-0.05, 0) is 40.0 Å². The molecule has 0 aromatic rings. The Bertz CT molecular complexity index is 650. The van der Waals surface area contributed by atoms with Gasteiger partial charge in [0, 0.05) is 45.5 Å². The molecule has 13 nitrogen and oxygen atoms in total. The van der Waals surface area contributed by atoms with Crippen LogP contribution in [0.1, 0.15) is 52.9 Å². The molecule has 2 amide bonds. The lowest BCUT2D eigenvalue weighted by Gasteiger charge is -2.30. The van der Waals surface area contributed by atoms with E-state index in [1.54, 1.807) is 4.90 Å². The number of carbonyl (C=O) groups is 4. The second kappa shape index (κ2) is 21.9. The zero-order chi connectivity index (χ0) is 27.9. The average molecular weight is 553 g/mol. The van der Waals surface area contributed by atoms with Crippen molar-refractivity contribution in [3.8, 4) is 0 Å². The van der Waals surface area contributed by atoms with Crippen LogP contribution in [0.4, 0.5) is 0 Å². The molecule has 0 bridgehead atoms. The molecular weight excluding hydrogens is 508 g/mol. The van der Waals surface area contributed by atoms with Gasteiger partial charge in [-0.3, -0.25) is 9.59 Å². The van der Waals surface area contributed by atoms with Crippen LogP contribution in [0.25, 0.3) is 0 Å². The second-order valence-electron chi connectivity index (χ2n) is 8.00. The smallest absolute Gasteiger partial charge is 0.480 e. The van der Waals surface area contributed by atoms with Crippen LogP contribution in [0.3, 0.4) is 0 Å². The van der Waals surface area contributed by atoms with Gasteiger partial charge in [0.05, 0.1) is 0 Å². The van der Waals surface area contributed by atoms with E-state index >= 15 is 0 Å². The van der Waals surface area contributed by atoms with E-state index in [0.29, 0.717) is 51.9 Å². The number of carbonyl (C=O) groups excluding carboxylic acids is 2. The Balaban J connectivity index is 4.58. The zero-order valence-electron chi connectivity index (χ0n) is 22.3. The molecule has 37 heavy (non-hydrogen) atoms. The number of nitrogens with one attached hydrogen (secondary N) is 1. The van der Waals surface area contributed by atoms with Crippen molar-refractivity contribution in [3.05, 3.63) is 0 Å². The van der Waals surface area contributed by atoms with Crippen molar-refractivity contribution in [2.75, 3.05) is 65.9 Å². The van der Waals surface area contributed by atoms with E-state index in [4.69, 9.17) is 33.0 Å². The van der Waals surface area contributed by atoms with Gasteiger partial charge in [0.15, 0.2) is 0 Å². The number of aliphatic carboxylic acids is 2. The summed E-state index contributed by atoms with van der Waals surface area (Å²) in [6, 6.07) is 0.554. The lowest BCUT2D eigenvalue weighted by atomic mass is 10.2. The summed E-state index contributed by atoms with van der Waals surface area (Å²) in [5.74, 6) is -2.93. The summed E-state index contributed by atoms with van der Waals surface area (Å²) in [4.78, 5) is 46.9. The van der Waals surface area contributed by atoms with Gasteiger partial charge in [-0.25, -0.2) is 9.59 Å². The van der Waals surface area contributed by atoms with E-state index < -0.39 is 34.0 Å². The molecule has 0 heterocycles. The van der Waals surface area contributed by atoms with Crippen LogP contribution in [0.5, 0.6) is 0 Å². The van der Waals surface area contributed by atoms with Gasteiger partial charge in [-0.2, -0.15) is 0 Å². The van der Waals surface area contributed by atoms with Gasteiger partial charge in [0.25, 0.3) is 0 Å². The summed E-state index contributed by atoms with van der Waals surface area (Å²) in [6.07, 6.45) is 3.70. The molecule has 0 saturated carbocycles. The predicted octanol–water partition coefficient (Wildman–Crippen LogP) is 1.13. The summed E-state index contributed by atoms with van der Waals surface area (Å²) < 4.78 is 27.3. The van der Waals surface area contributed by atoms with Crippen LogP contribution >= 0.6 is 0 Å². The molecule has 0 fully saturated rings. The third-order valence-electron chi connectivity index (χ3n) is 4.94. The van der Waals surface area contributed by atoms with Crippen molar-refractivity contribution in [1.82, 2.24) is 10.2 Å². The first-order valence-electron chi connectivity index (χ1n) is 12.7. The lowest BCUT2D eigenvalue weighted by molar-refractivity contribution is -0.146. The van der Waals surface area contributed by atoms with Crippen LogP contribution in [0.2, 0.25) is 6.04 Å². The first-order chi connectivity index (χ1) is 17.7. The molecular formula is C23H44N2O11Si. The molecule has 0 aliphatic rings. The average Bonchev–Trinajstić information content (AvgIpc) is 2.82. The highest BCUT2D eigenvalue weighted by Crippen LogP contribution is 2.19. The van der Waals surface area contributed by atoms with Crippen molar-refractivity contribution in [3.63, 3.8) is 0 Å². The highest BCUT2D eigenvalue weighted by atomic mass is 28.4. The molecule has 0 radical (unpaired) electrons. The van der Waals surface area contributed by atoms with Gasteiger partial charge >= 0.3 is 20.7 Å². The van der Waals surface area contributed by atoms with E-state index in [9.17, 15) is 19.2 Å². The summed E-state index contributed by atoms with van der Waals surface area (Å²) >= 11 is 0. The molecule has 0 unspecified atom stereocenters. The molecule has 0 saturated heterocycles. The fourth-order valence-electron chi connectivity index (χ4n) is 3.46. The first-order valence-corrected chi connectivity index (χ1v) is 14.7. The van der Waals surface area contributed by atoms with Crippen molar-refractivity contribution in [1.29, 1.82) is 0 Å². The minimum atomic E-state index is -2.83. The Hall–Kier alpha value is -2.10. The molecule has 0 spiro atoms. The van der Waals surface area contributed by atoms with Crippen molar-refractivity contribution < 1.29 is 52.1 Å². The number of carboxylic acids is 2. The Labute approximate surface area is 220 Å². The quantitative estimate of drug-likeness (QED) is 0.110. The molecule has 0 atom stereocenters. The SMILES string of the molecule is CCO[Si](CCCN(CCCCCCNC(=O)COCC(=O)O)C(=O)COCC(=O)O)(OCC)OCC. The Morgan fingerprint density at radius 2 is 1.22 bits per heavy atom. The van der Waals surface area contributed by atoms with Gasteiger partial charge in [0.1, 0.15) is 26.4 Å². The number of unbranched alkanes of at least 4 members (excludes halogenated alkanes) is 3. The molecule has 216 valence electrons. The summed E-state index contributed by atoms with van der Waals surface area (Å²) in [6.45, 7) is 6.74. The largest absolute Gasteiger partial charge is 0.500 e. The summed E-state index contributed by atoms with van der Waals surface area (Å²) in [7, 11) is -2.83. The number of rotatable bonds is 25. The Kier molecular flexibility index (Phi) is 20.7. The fraction of sp³-hybridized carbons (Fsp3) is 0.826. The monoisotopic (exact) mass is 552 g/mol. The minimum Gasteiger partial charge on any atom is -0.480 e. The number of ether oxygens (including phenoxy) is 2. The van der Waals surface area contributed by atoms with E-state index in [0.717, 1.165) is 25.7 Å². The zero-order valence-corrected chi connectivity index (χ0v) is 23.3. The highest BCUT2D eigenvalue weighted by Gasteiger charge is 2.39. The standard InChI is InChI=1S/C23H44N2O11Si/c1-4-34-37(35-5-2,36-6-3)15-11-14-25(21(27)17-33-19-23(30)31)13-10-8-7-9-12-24-20(26)16-32-18-22(28)29/h4-19H2,1-3H3,(H,24,26)(H,28,29)(H,30,31). The third-order valence-corrected chi connectivity index (χ3v) is 8.09. The number of carboxylic acid groups (broad SMARTS) is 2. The first kappa shape index (κ1) is 34.9. The number of amides is 2.